The van der Waals surface area contributed by atoms with Crippen molar-refractivity contribution in [2.45, 2.75) is 39.2 Å². The first kappa shape index (κ1) is 25.4. The maximum absolute atomic E-state index is 13.5. The Balaban J connectivity index is 1.82. The molecule has 1 aromatic heterocycles. The number of nitrogens with zero attached hydrogens (tertiary/aromatic N) is 2. The van der Waals surface area contributed by atoms with E-state index in [1.54, 1.807) is 23.6 Å². The molecule has 1 fully saturated rings. The van der Waals surface area contributed by atoms with Crippen LogP contribution in [-0.2, 0) is 9.59 Å². The first-order valence-corrected chi connectivity index (χ1v) is 12.7. The van der Waals surface area contributed by atoms with Crippen LogP contribution in [0.3, 0.4) is 0 Å². The summed E-state index contributed by atoms with van der Waals surface area (Å²) in [5.74, 6) is -1.51. The highest BCUT2D eigenvalue weighted by atomic mass is 32.1. The number of unbranched alkanes of at least 4 members (excludes halogenated alkanes) is 2. The Hall–Kier alpha value is -3.72. The Labute approximate surface area is 212 Å². The maximum Gasteiger partial charge on any atom is 0.301 e. The standard InChI is InChI=1S/C27H27FN2O5S/c1-3-5-6-14-35-20-12-9-18(16-21(20)34-4-2)23-22(24(31)17-7-10-19(28)11-8-17)25(32)26(33)30(23)27-29-13-15-36-27/h7-13,15-16,23,31H,3-6,14H2,1-2H3/b24-22+. The van der Waals surface area contributed by atoms with Crippen LogP contribution in [0.4, 0.5) is 9.52 Å². The second-order valence-electron chi connectivity index (χ2n) is 8.19. The van der Waals surface area contributed by atoms with Crippen LogP contribution in [0.5, 0.6) is 11.5 Å². The number of halogens is 1. The summed E-state index contributed by atoms with van der Waals surface area (Å²) in [4.78, 5) is 31.9. The first-order valence-electron chi connectivity index (χ1n) is 11.8. The Morgan fingerprint density at radius 3 is 2.53 bits per heavy atom. The van der Waals surface area contributed by atoms with Crippen molar-refractivity contribution in [3.63, 3.8) is 0 Å². The highest BCUT2D eigenvalue weighted by molar-refractivity contribution is 7.14. The molecule has 1 N–H and O–H groups in total. The normalized spacial score (nSPS) is 17.0. The number of hydrogen-bond donors (Lipinski definition) is 1. The zero-order valence-corrected chi connectivity index (χ0v) is 20.9. The number of anilines is 1. The van der Waals surface area contributed by atoms with Crippen molar-refractivity contribution in [3.8, 4) is 11.5 Å². The van der Waals surface area contributed by atoms with Crippen molar-refractivity contribution < 1.29 is 28.6 Å². The molecule has 1 unspecified atom stereocenters. The summed E-state index contributed by atoms with van der Waals surface area (Å²) in [6.45, 7) is 4.89. The summed E-state index contributed by atoms with van der Waals surface area (Å²) in [6, 6.07) is 9.31. The Bertz CT molecular complexity index is 1260. The van der Waals surface area contributed by atoms with E-state index < -0.39 is 29.3 Å². The Morgan fingerprint density at radius 2 is 1.86 bits per heavy atom. The number of carbonyl (C=O) groups is 2. The molecule has 1 amide bonds. The molecule has 1 saturated heterocycles. The van der Waals surface area contributed by atoms with Gasteiger partial charge in [-0.1, -0.05) is 25.8 Å². The molecule has 188 valence electrons. The molecule has 36 heavy (non-hydrogen) atoms. The number of aliphatic hydroxyl groups is 1. The number of hydrogen-bond acceptors (Lipinski definition) is 7. The van der Waals surface area contributed by atoms with Crippen LogP contribution >= 0.6 is 11.3 Å². The van der Waals surface area contributed by atoms with Crippen molar-refractivity contribution in [2.75, 3.05) is 18.1 Å². The van der Waals surface area contributed by atoms with E-state index >= 15 is 0 Å². The van der Waals surface area contributed by atoms with Gasteiger partial charge in [0, 0.05) is 17.1 Å². The molecule has 1 aliphatic rings. The van der Waals surface area contributed by atoms with E-state index in [9.17, 15) is 19.1 Å². The predicted octanol–water partition coefficient (Wildman–Crippen LogP) is 5.88. The number of ether oxygens (including phenoxy) is 2. The van der Waals surface area contributed by atoms with E-state index in [0.717, 1.165) is 19.3 Å². The third kappa shape index (κ3) is 5.11. The molecule has 9 heteroatoms. The smallest absolute Gasteiger partial charge is 0.301 e. The minimum absolute atomic E-state index is 0.110. The van der Waals surface area contributed by atoms with Crippen LogP contribution in [0.15, 0.2) is 59.6 Å². The molecule has 1 aliphatic heterocycles. The fourth-order valence-corrected chi connectivity index (χ4v) is 4.73. The van der Waals surface area contributed by atoms with Crippen LogP contribution < -0.4 is 14.4 Å². The third-order valence-corrected chi connectivity index (χ3v) is 6.55. The van der Waals surface area contributed by atoms with Gasteiger partial charge in [0.25, 0.3) is 5.78 Å². The molecule has 0 aliphatic carbocycles. The number of amides is 1. The molecular weight excluding hydrogens is 483 g/mol. The molecule has 7 nitrogen and oxygen atoms in total. The van der Waals surface area contributed by atoms with Crippen molar-refractivity contribution in [1.29, 1.82) is 0 Å². The lowest BCUT2D eigenvalue weighted by Gasteiger charge is -2.24. The summed E-state index contributed by atoms with van der Waals surface area (Å²) in [7, 11) is 0. The van der Waals surface area contributed by atoms with E-state index in [4.69, 9.17) is 9.47 Å². The van der Waals surface area contributed by atoms with Gasteiger partial charge in [-0.05, 0) is 55.3 Å². The molecule has 0 radical (unpaired) electrons. The van der Waals surface area contributed by atoms with Gasteiger partial charge in [-0.2, -0.15) is 0 Å². The molecule has 0 bridgehead atoms. The predicted molar refractivity (Wildman–Crippen MR) is 136 cm³/mol. The highest BCUT2D eigenvalue weighted by Crippen LogP contribution is 2.44. The number of carbonyl (C=O) groups excluding carboxylic acids is 2. The maximum atomic E-state index is 13.5. The largest absolute Gasteiger partial charge is 0.507 e. The van der Waals surface area contributed by atoms with Crippen molar-refractivity contribution >= 4 is 33.9 Å². The lowest BCUT2D eigenvalue weighted by Crippen LogP contribution is -2.29. The van der Waals surface area contributed by atoms with E-state index in [1.807, 2.05) is 6.92 Å². The van der Waals surface area contributed by atoms with Gasteiger partial charge < -0.3 is 14.6 Å². The van der Waals surface area contributed by atoms with Crippen molar-refractivity contribution in [1.82, 2.24) is 4.98 Å². The number of rotatable bonds is 10. The van der Waals surface area contributed by atoms with Crippen molar-refractivity contribution in [3.05, 3.63) is 76.6 Å². The molecule has 2 aromatic carbocycles. The molecule has 1 atom stereocenters. The van der Waals surface area contributed by atoms with Crippen molar-refractivity contribution in [2.24, 2.45) is 0 Å². The monoisotopic (exact) mass is 510 g/mol. The second-order valence-corrected chi connectivity index (χ2v) is 9.06. The molecule has 3 aromatic rings. The molecular formula is C27H27FN2O5S. The van der Waals surface area contributed by atoms with Crippen LogP contribution in [0.1, 0.15) is 50.3 Å². The molecule has 4 rings (SSSR count). The molecule has 2 heterocycles. The van der Waals surface area contributed by atoms with Gasteiger partial charge in [-0.15, -0.1) is 11.3 Å². The van der Waals surface area contributed by atoms with Gasteiger partial charge in [0.05, 0.1) is 24.8 Å². The summed E-state index contributed by atoms with van der Waals surface area (Å²) in [6.07, 6.45) is 4.57. The lowest BCUT2D eigenvalue weighted by atomic mass is 9.95. The minimum atomic E-state index is -0.963. The number of aliphatic hydroxyl groups excluding tert-OH is 1. The lowest BCUT2D eigenvalue weighted by molar-refractivity contribution is -0.132. The zero-order chi connectivity index (χ0) is 25.7. The average Bonchev–Trinajstić information content (AvgIpc) is 3.49. The van der Waals surface area contributed by atoms with E-state index in [0.29, 0.717) is 35.4 Å². The van der Waals surface area contributed by atoms with Gasteiger partial charge in [-0.25, -0.2) is 9.37 Å². The third-order valence-electron chi connectivity index (χ3n) is 5.78. The van der Waals surface area contributed by atoms with Crippen LogP contribution in [0.25, 0.3) is 5.76 Å². The summed E-state index contributed by atoms with van der Waals surface area (Å²) in [5.41, 5.74) is 0.651. The molecule has 0 spiro atoms. The number of thiazole rings is 1. The SMILES string of the molecule is CCCCCOc1ccc(C2/C(=C(\O)c3ccc(F)cc3)C(=O)C(=O)N2c2nccs2)cc1OCC. The first-order chi connectivity index (χ1) is 17.5. The fraction of sp³-hybridized carbons (Fsp3) is 0.296. The Morgan fingerprint density at radius 1 is 1.08 bits per heavy atom. The number of aromatic nitrogens is 1. The van der Waals surface area contributed by atoms with Gasteiger partial charge in [0.15, 0.2) is 16.6 Å². The van der Waals surface area contributed by atoms with E-state index in [1.165, 1.54) is 46.7 Å². The number of ketones is 1. The van der Waals surface area contributed by atoms with Gasteiger partial charge >= 0.3 is 5.91 Å². The highest BCUT2D eigenvalue weighted by Gasteiger charge is 2.48. The molecule has 0 saturated carbocycles. The van der Waals surface area contributed by atoms with Gasteiger partial charge in [-0.3, -0.25) is 14.5 Å². The van der Waals surface area contributed by atoms with Crippen LogP contribution in [0, 0.1) is 5.82 Å². The van der Waals surface area contributed by atoms with E-state index in [2.05, 4.69) is 11.9 Å². The zero-order valence-electron chi connectivity index (χ0n) is 20.1. The van der Waals surface area contributed by atoms with Crippen LogP contribution in [-0.4, -0.2) is 35.0 Å². The van der Waals surface area contributed by atoms with Crippen LogP contribution in [0.2, 0.25) is 0 Å². The minimum Gasteiger partial charge on any atom is -0.507 e. The quantitative estimate of drug-likeness (QED) is 0.159. The Kier molecular flexibility index (Phi) is 8.00. The summed E-state index contributed by atoms with van der Waals surface area (Å²) < 4.78 is 25.2. The number of benzene rings is 2. The summed E-state index contributed by atoms with van der Waals surface area (Å²) >= 11 is 1.20. The fourth-order valence-electron chi connectivity index (χ4n) is 4.06. The van der Waals surface area contributed by atoms with E-state index in [-0.39, 0.29) is 11.1 Å². The number of Topliss-reactive ketones (excluding diaryl/α,β-unsaturated/α-hetero) is 1. The summed E-state index contributed by atoms with van der Waals surface area (Å²) in [5, 5.41) is 13.1. The van der Waals surface area contributed by atoms with Gasteiger partial charge in [0.1, 0.15) is 11.6 Å². The second kappa shape index (κ2) is 11.3. The average molecular weight is 511 g/mol. The topological polar surface area (TPSA) is 89.0 Å². The van der Waals surface area contributed by atoms with Gasteiger partial charge in [0.2, 0.25) is 0 Å².